The van der Waals surface area contributed by atoms with Crippen molar-refractivity contribution >= 4 is 35.1 Å². The molecule has 2 amide bonds. The Kier molecular flexibility index (Phi) is 8.91. The zero-order chi connectivity index (χ0) is 18.8. The zero-order valence-corrected chi connectivity index (χ0v) is 15.0. The molecule has 0 aliphatic carbocycles. The highest BCUT2D eigenvalue weighted by molar-refractivity contribution is 6.33. The van der Waals surface area contributed by atoms with Gasteiger partial charge >= 0.3 is 5.97 Å². The number of amides is 2. The van der Waals surface area contributed by atoms with Crippen molar-refractivity contribution in [3.8, 4) is 0 Å². The average molecular weight is 373 g/mol. The van der Waals surface area contributed by atoms with Crippen LogP contribution in [0.25, 0.3) is 0 Å². The fourth-order valence-corrected chi connectivity index (χ4v) is 2.18. The molecule has 0 aliphatic heterocycles. The predicted molar refractivity (Wildman–Crippen MR) is 92.7 cm³/mol. The third-order valence-corrected chi connectivity index (χ3v) is 3.61. The standard InChI is InChI=1S/C17H22ClFN2O4/c1-11(17(24)21-15-8-7-13(19)10-14(15)18)25-16(23)6-4-3-5-9-20-12(2)22/h7-8,10-11H,3-6,9H2,1-2H3,(H,20,22)(H,21,24). The predicted octanol–water partition coefficient (Wildman–Crippen LogP) is 3.05. The molecule has 0 bridgehead atoms. The van der Waals surface area contributed by atoms with E-state index in [4.69, 9.17) is 16.3 Å². The number of ether oxygens (including phenoxy) is 1. The summed E-state index contributed by atoms with van der Waals surface area (Å²) in [5.41, 5.74) is 0.244. The van der Waals surface area contributed by atoms with Crippen LogP contribution in [-0.4, -0.2) is 30.4 Å². The molecule has 25 heavy (non-hydrogen) atoms. The van der Waals surface area contributed by atoms with Crippen LogP contribution in [0.15, 0.2) is 18.2 Å². The van der Waals surface area contributed by atoms with Gasteiger partial charge in [0.2, 0.25) is 5.91 Å². The third kappa shape index (κ3) is 8.49. The van der Waals surface area contributed by atoms with Crippen molar-refractivity contribution in [1.82, 2.24) is 5.32 Å². The number of benzene rings is 1. The van der Waals surface area contributed by atoms with Gasteiger partial charge in [0.1, 0.15) is 5.82 Å². The number of hydrogen-bond donors (Lipinski definition) is 2. The minimum absolute atomic E-state index is 0.0612. The highest BCUT2D eigenvalue weighted by Crippen LogP contribution is 2.22. The maximum absolute atomic E-state index is 13.0. The second kappa shape index (κ2) is 10.7. The van der Waals surface area contributed by atoms with Gasteiger partial charge in [0.25, 0.3) is 5.91 Å². The van der Waals surface area contributed by atoms with E-state index in [-0.39, 0.29) is 23.0 Å². The molecular weight excluding hydrogens is 351 g/mol. The minimum atomic E-state index is -0.993. The Morgan fingerprint density at radius 1 is 1.24 bits per heavy atom. The van der Waals surface area contributed by atoms with Gasteiger partial charge in [-0.15, -0.1) is 0 Å². The van der Waals surface area contributed by atoms with E-state index in [9.17, 15) is 18.8 Å². The molecule has 0 fully saturated rings. The lowest BCUT2D eigenvalue weighted by Crippen LogP contribution is -2.30. The van der Waals surface area contributed by atoms with Crippen LogP contribution in [0, 0.1) is 5.82 Å². The first kappa shape index (κ1) is 20.9. The molecule has 1 aromatic rings. The maximum Gasteiger partial charge on any atom is 0.306 e. The summed E-state index contributed by atoms with van der Waals surface area (Å²) in [6.45, 7) is 3.46. The molecule has 1 aromatic carbocycles. The van der Waals surface area contributed by atoms with Crippen LogP contribution in [0.1, 0.15) is 39.5 Å². The average Bonchev–Trinajstić information content (AvgIpc) is 2.52. The van der Waals surface area contributed by atoms with Gasteiger partial charge in [0.15, 0.2) is 6.10 Å². The van der Waals surface area contributed by atoms with Crippen LogP contribution in [0.4, 0.5) is 10.1 Å². The van der Waals surface area contributed by atoms with Crippen LogP contribution in [-0.2, 0) is 19.1 Å². The van der Waals surface area contributed by atoms with E-state index < -0.39 is 23.8 Å². The number of halogens is 2. The summed E-state index contributed by atoms with van der Waals surface area (Å²) >= 11 is 5.83. The van der Waals surface area contributed by atoms with Crippen molar-refractivity contribution in [2.24, 2.45) is 0 Å². The van der Waals surface area contributed by atoms with Crippen molar-refractivity contribution < 1.29 is 23.5 Å². The van der Waals surface area contributed by atoms with E-state index in [1.165, 1.54) is 26.0 Å². The molecule has 2 N–H and O–H groups in total. The van der Waals surface area contributed by atoms with Crippen molar-refractivity contribution in [3.63, 3.8) is 0 Å². The number of carbonyl (C=O) groups is 3. The second-order valence-corrected chi connectivity index (χ2v) is 5.95. The third-order valence-electron chi connectivity index (χ3n) is 3.30. The summed E-state index contributed by atoms with van der Waals surface area (Å²) < 4.78 is 18.0. The Balaban J connectivity index is 2.29. The molecule has 0 aromatic heterocycles. The first-order valence-electron chi connectivity index (χ1n) is 7.99. The van der Waals surface area contributed by atoms with Gasteiger partial charge in [0, 0.05) is 19.9 Å². The molecule has 138 valence electrons. The Morgan fingerprint density at radius 3 is 2.60 bits per heavy atom. The first-order chi connectivity index (χ1) is 11.8. The lowest BCUT2D eigenvalue weighted by atomic mass is 10.2. The number of esters is 1. The Hall–Kier alpha value is -2.15. The van der Waals surface area contributed by atoms with Crippen LogP contribution in [0.3, 0.4) is 0 Å². The van der Waals surface area contributed by atoms with Gasteiger partial charge in [-0.2, -0.15) is 0 Å². The van der Waals surface area contributed by atoms with E-state index in [1.807, 2.05) is 0 Å². The van der Waals surface area contributed by atoms with Crippen LogP contribution >= 0.6 is 11.6 Å². The number of unbranched alkanes of at least 4 members (excludes halogenated alkanes) is 2. The van der Waals surface area contributed by atoms with Gasteiger partial charge < -0.3 is 15.4 Å². The molecular formula is C17H22ClFN2O4. The number of hydrogen-bond acceptors (Lipinski definition) is 4. The number of rotatable bonds is 9. The lowest BCUT2D eigenvalue weighted by molar-refractivity contribution is -0.153. The SMILES string of the molecule is CC(=O)NCCCCCC(=O)OC(C)C(=O)Nc1ccc(F)cc1Cl. The maximum atomic E-state index is 13.0. The van der Waals surface area contributed by atoms with Gasteiger partial charge in [-0.3, -0.25) is 14.4 Å². The molecule has 0 saturated heterocycles. The van der Waals surface area contributed by atoms with E-state index in [1.54, 1.807) is 0 Å². The largest absolute Gasteiger partial charge is 0.453 e. The summed E-state index contributed by atoms with van der Waals surface area (Å²) in [6, 6.07) is 3.58. The summed E-state index contributed by atoms with van der Waals surface area (Å²) in [7, 11) is 0. The molecule has 0 heterocycles. The molecule has 8 heteroatoms. The minimum Gasteiger partial charge on any atom is -0.453 e. The van der Waals surface area contributed by atoms with E-state index >= 15 is 0 Å². The Bertz CT molecular complexity index is 625. The fourth-order valence-electron chi connectivity index (χ4n) is 1.97. The zero-order valence-electron chi connectivity index (χ0n) is 14.2. The van der Waals surface area contributed by atoms with Crippen molar-refractivity contribution in [3.05, 3.63) is 29.0 Å². The van der Waals surface area contributed by atoms with Gasteiger partial charge in [-0.1, -0.05) is 18.0 Å². The molecule has 1 rings (SSSR count). The fraction of sp³-hybridized carbons (Fsp3) is 0.471. The number of carbonyl (C=O) groups excluding carboxylic acids is 3. The Morgan fingerprint density at radius 2 is 1.96 bits per heavy atom. The topological polar surface area (TPSA) is 84.5 Å². The molecule has 0 radical (unpaired) electrons. The smallest absolute Gasteiger partial charge is 0.306 e. The molecule has 0 saturated carbocycles. The lowest BCUT2D eigenvalue weighted by Gasteiger charge is -2.14. The van der Waals surface area contributed by atoms with E-state index in [0.29, 0.717) is 13.0 Å². The van der Waals surface area contributed by atoms with Crippen molar-refractivity contribution in [2.75, 3.05) is 11.9 Å². The second-order valence-electron chi connectivity index (χ2n) is 5.54. The van der Waals surface area contributed by atoms with Gasteiger partial charge in [-0.05, 0) is 38.0 Å². The summed E-state index contributed by atoms with van der Waals surface area (Å²) in [4.78, 5) is 34.4. The summed E-state index contributed by atoms with van der Waals surface area (Å²) in [6.07, 6.45) is 1.34. The number of nitrogens with one attached hydrogen (secondary N) is 2. The van der Waals surface area contributed by atoms with E-state index in [0.717, 1.165) is 18.9 Å². The summed E-state index contributed by atoms with van der Waals surface area (Å²) in [5, 5.41) is 5.21. The normalized spacial score (nSPS) is 11.5. The molecule has 1 atom stereocenters. The number of anilines is 1. The molecule has 0 spiro atoms. The van der Waals surface area contributed by atoms with Crippen molar-refractivity contribution in [2.45, 2.75) is 45.6 Å². The highest BCUT2D eigenvalue weighted by Gasteiger charge is 2.18. The quantitative estimate of drug-likeness (QED) is 0.515. The van der Waals surface area contributed by atoms with Crippen LogP contribution in [0.2, 0.25) is 5.02 Å². The van der Waals surface area contributed by atoms with Crippen LogP contribution in [0.5, 0.6) is 0 Å². The molecule has 0 aliphatic rings. The molecule has 6 nitrogen and oxygen atoms in total. The Labute approximate surface area is 151 Å². The van der Waals surface area contributed by atoms with Crippen molar-refractivity contribution in [1.29, 1.82) is 0 Å². The first-order valence-corrected chi connectivity index (χ1v) is 8.37. The van der Waals surface area contributed by atoms with Gasteiger partial charge in [-0.25, -0.2) is 4.39 Å². The van der Waals surface area contributed by atoms with Gasteiger partial charge in [0.05, 0.1) is 10.7 Å². The highest BCUT2D eigenvalue weighted by atomic mass is 35.5. The monoisotopic (exact) mass is 372 g/mol. The molecule has 1 unspecified atom stereocenters. The summed E-state index contributed by atoms with van der Waals surface area (Å²) in [5.74, 6) is -1.62. The van der Waals surface area contributed by atoms with Crippen LogP contribution < -0.4 is 10.6 Å². The van der Waals surface area contributed by atoms with E-state index in [2.05, 4.69) is 10.6 Å².